The van der Waals surface area contributed by atoms with Gasteiger partial charge in [-0.2, -0.15) is 0 Å². The highest BCUT2D eigenvalue weighted by Gasteiger charge is 2.28. The van der Waals surface area contributed by atoms with Crippen LogP contribution in [0.25, 0.3) is 11.1 Å². The van der Waals surface area contributed by atoms with Crippen molar-refractivity contribution in [2.24, 2.45) is 5.92 Å². The molecule has 0 spiro atoms. The molecule has 5 rings (SSSR count). The molecule has 0 bridgehead atoms. The molecule has 0 radical (unpaired) electrons. The summed E-state index contributed by atoms with van der Waals surface area (Å²) in [6.45, 7) is 6.90. The smallest absolute Gasteiger partial charge is 0.166 e. The highest BCUT2D eigenvalue weighted by atomic mass is 16.5. The predicted molar refractivity (Wildman–Crippen MR) is 147 cm³/mol. The summed E-state index contributed by atoms with van der Waals surface area (Å²) < 4.78 is 7.73. The first-order valence-corrected chi connectivity index (χ1v) is 12.8. The number of carbonyl (C=O) groups excluding carboxylic acids is 1. The molecule has 4 aromatic rings. The van der Waals surface area contributed by atoms with Gasteiger partial charge in [-0.3, -0.25) is 4.79 Å². The number of ether oxygens (including phenoxy) is 1. The molecule has 184 valence electrons. The first-order valence-electron chi connectivity index (χ1n) is 12.8. The van der Waals surface area contributed by atoms with E-state index in [1.165, 1.54) is 33.6 Å². The molecule has 2 heterocycles. The topological polar surface area (TPSA) is 34.5 Å². The number of Topliss-reactive ketones (excluding diaryl/α,β-unsaturated/α-hetero) is 1. The number of carbonyl (C=O) groups is 1. The molecule has 1 saturated heterocycles. The second-order valence-electron chi connectivity index (χ2n) is 9.82. The first kappa shape index (κ1) is 23.9. The van der Waals surface area contributed by atoms with Crippen molar-refractivity contribution in [1.29, 1.82) is 0 Å². The summed E-state index contributed by atoms with van der Waals surface area (Å²) in [7, 11) is 1.70. The number of rotatable bonds is 7. The summed E-state index contributed by atoms with van der Waals surface area (Å²) in [6, 6.07) is 26.8. The lowest BCUT2D eigenvalue weighted by Gasteiger charge is -2.34. The van der Waals surface area contributed by atoms with Crippen LogP contribution in [0.3, 0.4) is 0 Å². The fraction of sp³-hybridized carbons (Fsp3) is 0.281. The van der Waals surface area contributed by atoms with Gasteiger partial charge in [0.15, 0.2) is 5.78 Å². The Bertz CT molecular complexity index is 1310. The van der Waals surface area contributed by atoms with Gasteiger partial charge < -0.3 is 14.2 Å². The van der Waals surface area contributed by atoms with E-state index in [0.29, 0.717) is 0 Å². The number of nitrogens with zero attached hydrogens (tertiary/aromatic N) is 2. The SMILES string of the molecule is COc1ccc(Cn2cc(-c3ccc(C)cc3)c(C)c2N2CCC(C(=O)c3ccccc3)CC2)cc1. The molecule has 0 saturated carbocycles. The van der Waals surface area contributed by atoms with Crippen molar-refractivity contribution < 1.29 is 9.53 Å². The third-order valence-corrected chi connectivity index (χ3v) is 7.39. The minimum Gasteiger partial charge on any atom is -0.497 e. The van der Waals surface area contributed by atoms with Gasteiger partial charge in [-0.1, -0.05) is 72.3 Å². The van der Waals surface area contributed by atoms with E-state index < -0.39 is 0 Å². The van der Waals surface area contributed by atoms with Crippen molar-refractivity contribution in [3.63, 3.8) is 0 Å². The molecule has 3 aromatic carbocycles. The van der Waals surface area contributed by atoms with E-state index in [-0.39, 0.29) is 11.7 Å². The summed E-state index contributed by atoms with van der Waals surface area (Å²) >= 11 is 0. The lowest BCUT2D eigenvalue weighted by atomic mass is 9.89. The Labute approximate surface area is 214 Å². The molecule has 0 aliphatic carbocycles. The quantitative estimate of drug-likeness (QED) is 0.270. The van der Waals surface area contributed by atoms with Gasteiger partial charge in [-0.05, 0) is 55.5 Å². The first-order chi connectivity index (χ1) is 17.5. The Hall–Kier alpha value is -3.79. The molecule has 1 fully saturated rings. The number of ketones is 1. The number of aromatic nitrogens is 1. The molecule has 4 heteroatoms. The van der Waals surface area contributed by atoms with Crippen LogP contribution in [0.2, 0.25) is 0 Å². The fourth-order valence-electron chi connectivity index (χ4n) is 5.33. The minimum absolute atomic E-state index is 0.0884. The Balaban J connectivity index is 1.43. The molecule has 0 amide bonds. The number of hydrogen-bond acceptors (Lipinski definition) is 3. The molecule has 0 unspecified atom stereocenters. The Morgan fingerprint density at radius 1 is 0.889 bits per heavy atom. The van der Waals surface area contributed by atoms with Crippen LogP contribution < -0.4 is 9.64 Å². The molecular formula is C32H34N2O2. The third kappa shape index (κ3) is 4.94. The van der Waals surface area contributed by atoms with Crippen LogP contribution in [-0.4, -0.2) is 30.5 Å². The third-order valence-electron chi connectivity index (χ3n) is 7.39. The Morgan fingerprint density at radius 2 is 1.56 bits per heavy atom. The molecule has 1 aliphatic heterocycles. The van der Waals surface area contributed by atoms with Crippen LogP contribution in [-0.2, 0) is 6.54 Å². The van der Waals surface area contributed by atoms with Gasteiger partial charge in [0.1, 0.15) is 11.6 Å². The van der Waals surface area contributed by atoms with Crippen LogP contribution in [0.1, 0.15) is 39.9 Å². The second kappa shape index (κ2) is 10.4. The fourth-order valence-corrected chi connectivity index (χ4v) is 5.33. The highest BCUT2D eigenvalue weighted by molar-refractivity contribution is 5.98. The van der Waals surface area contributed by atoms with E-state index in [1.807, 2.05) is 42.5 Å². The van der Waals surface area contributed by atoms with E-state index in [2.05, 4.69) is 65.9 Å². The molecule has 4 nitrogen and oxygen atoms in total. The summed E-state index contributed by atoms with van der Waals surface area (Å²) in [5.74, 6) is 2.49. The standard InChI is InChI=1S/C32H34N2O2/c1-23-9-13-26(14-10-23)30-22-34(21-25-11-15-29(36-3)16-12-25)32(24(30)2)33-19-17-28(18-20-33)31(35)27-7-5-4-6-8-27/h4-16,22,28H,17-21H2,1-3H3. The zero-order valence-corrected chi connectivity index (χ0v) is 21.4. The van der Waals surface area contributed by atoms with Gasteiger partial charge >= 0.3 is 0 Å². The van der Waals surface area contributed by atoms with Gasteiger partial charge in [0, 0.05) is 42.9 Å². The maximum atomic E-state index is 13.1. The largest absolute Gasteiger partial charge is 0.497 e. The van der Waals surface area contributed by atoms with Crippen molar-refractivity contribution in [3.05, 3.63) is 107 Å². The molecule has 0 N–H and O–H groups in total. The molecule has 1 aliphatic rings. The van der Waals surface area contributed by atoms with Gasteiger partial charge in [0.05, 0.1) is 7.11 Å². The zero-order chi connectivity index (χ0) is 25.1. The molecule has 36 heavy (non-hydrogen) atoms. The molecular weight excluding hydrogens is 444 g/mol. The van der Waals surface area contributed by atoms with Gasteiger partial charge in [0.2, 0.25) is 0 Å². The number of hydrogen-bond donors (Lipinski definition) is 0. The zero-order valence-electron chi connectivity index (χ0n) is 21.4. The second-order valence-corrected chi connectivity index (χ2v) is 9.82. The van der Waals surface area contributed by atoms with Crippen LogP contribution >= 0.6 is 0 Å². The van der Waals surface area contributed by atoms with Crippen molar-refractivity contribution in [2.75, 3.05) is 25.1 Å². The number of aryl methyl sites for hydroxylation is 1. The van der Waals surface area contributed by atoms with E-state index in [1.54, 1.807) is 7.11 Å². The van der Waals surface area contributed by atoms with Crippen molar-refractivity contribution >= 4 is 11.6 Å². The number of benzene rings is 3. The van der Waals surface area contributed by atoms with Gasteiger partial charge in [0.25, 0.3) is 0 Å². The number of anilines is 1. The van der Waals surface area contributed by atoms with Crippen molar-refractivity contribution in [3.8, 4) is 16.9 Å². The average Bonchev–Trinajstić information content (AvgIpc) is 3.25. The maximum absolute atomic E-state index is 13.1. The highest BCUT2D eigenvalue weighted by Crippen LogP contribution is 2.36. The van der Waals surface area contributed by atoms with E-state index in [0.717, 1.165) is 43.8 Å². The Kier molecular flexibility index (Phi) is 6.95. The lowest BCUT2D eigenvalue weighted by Crippen LogP contribution is -2.37. The van der Waals surface area contributed by atoms with Crippen LogP contribution in [0.5, 0.6) is 5.75 Å². The van der Waals surface area contributed by atoms with Crippen LogP contribution in [0.4, 0.5) is 5.82 Å². The van der Waals surface area contributed by atoms with E-state index in [9.17, 15) is 4.79 Å². The maximum Gasteiger partial charge on any atom is 0.166 e. The normalized spacial score (nSPS) is 14.1. The molecule has 1 aromatic heterocycles. The van der Waals surface area contributed by atoms with Gasteiger partial charge in [-0.25, -0.2) is 0 Å². The average molecular weight is 479 g/mol. The summed E-state index contributed by atoms with van der Waals surface area (Å²) in [5, 5.41) is 0. The van der Waals surface area contributed by atoms with Crippen LogP contribution in [0, 0.1) is 19.8 Å². The molecule has 0 atom stereocenters. The van der Waals surface area contributed by atoms with Crippen LogP contribution in [0.15, 0.2) is 85.1 Å². The van der Waals surface area contributed by atoms with Crippen molar-refractivity contribution in [2.45, 2.75) is 33.2 Å². The Morgan fingerprint density at radius 3 is 2.19 bits per heavy atom. The number of piperidine rings is 1. The van der Waals surface area contributed by atoms with E-state index >= 15 is 0 Å². The van der Waals surface area contributed by atoms with Gasteiger partial charge in [-0.15, -0.1) is 0 Å². The number of methoxy groups -OCH3 is 1. The lowest BCUT2D eigenvalue weighted by molar-refractivity contribution is 0.0900. The summed E-state index contributed by atoms with van der Waals surface area (Å²) in [5.41, 5.74) is 7.12. The van der Waals surface area contributed by atoms with E-state index in [4.69, 9.17) is 4.74 Å². The van der Waals surface area contributed by atoms with Crippen molar-refractivity contribution in [1.82, 2.24) is 4.57 Å². The summed E-state index contributed by atoms with van der Waals surface area (Å²) in [4.78, 5) is 15.5. The minimum atomic E-state index is 0.0884. The summed E-state index contributed by atoms with van der Waals surface area (Å²) in [6.07, 6.45) is 4.04. The predicted octanol–water partition coefficient (Wildman–Crippen LogP) is 6.93. The monoisotopic (exact) mass is 478 g/mol.